The van der Waals surface area contributed by atoms with E-state index in [0.717, 1.165) is 0 Å². The van der Waals surface area contributed by atoms with Gasteiger partial charge < -0.3 is 15.2 Å². The average molecular weight is 204 g/mol. The SMILES string of the molecule is [2H]C(C)(C(=O)OCC)C(N)C(=O)OCC. The summed E-state index contributed by atoms with van der Waals surface area (Å²) in [6, 6.07) is -1.34. The van der Waals surface area contributed by atoms with Crippen LogP contribution in [0.3, 0.4) is 0 Å². The van der Waals surface area contributed by atoms with Gasteiger partial charge in [0.2, 0.25) is 0 Å². The number of ether oxygens (including phenoxy) is 2. The zero-order valence-corrected chi connectivity index (χ0v) is 8.70. The Morgan fingerprint density at radius 3 is 2.14 bits per heavy atom. The lowest BCUT2D eigenvalue weighted by Crippen LogP contribution is -2.42. The van der Waals surface area contributed by atoms with E-state index < -0.39 is 23.9 Å². The van der Waals surface area contributed by atoms with E-state index in [1.54, 1.807) is 13.8 Å². The smallest absolute Gasteiger partial charge is 0.323 e. The molecule has 0 bridgehead atoms. The van der Waals surface area contributed by atoms with E-state index >= 15 is 0 Å². The molecule has 5 nitrogen and oxygen atoms in total. The highest BCUT2D eigenvalue weighted by Gasteiger charge is 2.28. The fraction of sp³-hybridized carbons (Fsp3) is 0.778. The zero-order chi connectivity index (χ0) is 12.1. The van der Waals surface area contributed by atoms with Crippen LogP contribution in [0.1, 0.15) is 22.1 Å². The minimum absolute atomic E-state index is 0.142. The van der Waals surface area contributed by atoms with Crippen LogP contribution in [0.2, 0.25) is 0 Å². The van der Waals surface area contributed by atoms with Crippen LogP contribution in [0.15, 0.2) is 0 Å². The Kier molecular flexibility index (Phi) is 4.99. The summed E-state index contributed by atoms with van der Waals surface area (Å²) in [5.41, 5.74) is 5.45. The first kappa shape index (κ1) is 11.0. The van der Waals surface area contributed by atoms with Gasteiger partial charge in [-0.1, -0.05) is 0 Å². The van der Waals surface area contributed by atoms with Crippen LogP contribution < -0.4 is 5.73 Å². The molecule has 5 heteroatoms. The maximum absolute atomic E-state index is 11.3. The van der Waals surface area contributed by atoms with Gasteiger partial charge in [-0.3, -0.25) is 9.59 Å². The van der Waals surface area contributed by atoms with E-state index in [1.807, 2.05) is 0 Å². The van der Waals surface area contributed by atoms with Gasteiger partial charge in [0.15, 0.2) is 0 Å². The molecule has 0 aliphatic heterocycles. The predicted octanol–water partition coefficient (Wildman–Crippen LogP) is 0.0760. The normalized spacial score (nSPS) is 17.6. The first-order chi connectivity index (χ1) is 6.87. The van der Waals surface area contributed by atoms with Crippen LogP contribution in [0.4, 0.5) is 0 Å². The molecule has 2 atom stereocenters. The van der Waals surface area contributed by atoms with Crippen LogP contribution in [-0.4, -0.2) is 31.2 Å². The minimum Gasteiger partial charge on any atom is -0.466 e. The second-order valence-corrected chi connectivity index (χ2v) is 2.63. The topological polar surface area (TPSA) is 78.6 Å². The number of esters is 2. The van der Waals surface area contributed by atoms with Gasteiger partial charge in [0, 0.05) is 1.37 Å². The fourth-order valence-corrected chi connectivity index (χ4v) is 0.781. The molecule has 0 aromatic rings. The molecule has 0 radical (unpaired) electrons. The lowest BCUT2D eigenvalue weighted by Gasteiger charge is -2.16. The highest BCUT2D eigenvalue weighted by Crippen LogP contribution is 2.05. The fourth-order valence-electron chi connectivity index (χ4n) is 0.781. The summed E-state index contributed by atoms with van der Waals surface area (Å²) in [5.74, 6) is -3.42. The van der Waals surface area contributed by atoms with E-state index in [9.17, 15) is 9.59 Å². The van der Waals surface area contributed by atoms with Gasteiger partial charge in [-0.15, -0.1) is 0 Å². The van der Waals surface area contributed by atoms with Crippen molar-refractivity contribution in [1.29, 1.82) is 0 Å². The highest BCUT2D eigenvalue weighted by molar-refractivity contribution is 5.84. The second kappa shape index (κ2) is 6.37. The molecule has 2 unspecified atom stereocenters. The molecule has 0 amide bonds. The van der Waals surface area contributed by atoms with Gasteiger partial charge in [-0.05, 0) is 20.8 Å². The van der Waals surface area contributed by atoms with E-state index in [4.69, 9.17) is 7.10 Å². The molecule has 2 N–H and O–H groups in total. The second-order valence-electron chi connectivity index (χ2n) is 2.63. The minimum atomic E-state index is -1.82. The monoisotopic (exact) mass is 204 g/mol. The van der Waals surface area contributed by atoms with Crippen LogP contribution in [0.5, 0.6) is 0 Å². The first-order valence-corrected chi connectivity index (χ1v) is 4.47. The van der Waals surface area contributed by atoms with Crippen molar-refractivity contribution in [3.63, 3.8) is 0 Å². The van der Waals surface area contributed by atoms with E-state index in [0.29, 0.717) is 0 Å². The van der Waals surface area contributed by atoms with Crippen molar-refractivity contribution < 1.29 is 20.4 Å². The molecule has 14 heavy (non-hydrogen) atoms. The van der Waals surface area contributed by atoms with Crippen LogP contribution >= 0.6 is 0 Å². The van der Waals surface area contributed by atoms with Gasteiger partial charge in [-0.2, -0.15) is 0 Å². The average Bonchev–Trinajstić information content (AvgIpc) is 2.17. The van der Waals surface area contributed by atoms with Crippen molar-refractivity contribution in [2.24, 2.45) is 11.6 Å². The molecule has 0 fully saturated rings. The largest absolute Gasteiger partial charge is 0.466 e. The lowest BCUT2D eigenvalue weighted by molar-refractivity contribution is -0.155. The third kappa shape index (κ3) is 3.74. The summed E-state index contributed by atoms with van der Waals surface area (Å²) >= 11 is 0. The molecule has 0 aliphatic rings. The van der Waals surface area contributed by atoms with Crippen molar-refractivity contribution >= 4 is 11.9 Å². The number of hydrogen-bond acceptors (Lipinski definition) is 5. The van der Waals surface area contributed by atoms with Crippen molar-refractivity contribution in [3.05, 3.63) is 0 Å². The standard InChI is InChI=1S/C9H17NO4/c1-4-13-8(11)6(3)7(10)9(12)14-5-2/h6-7H,4-5,10H2,1-3H3/i6D. The Bertz CT molecular complexity index is 242. The number of carbonyl (C=O) groups excluding carboxylic acids is 2. The first-order valence-electron chi connectivity index (χ1n) is 4.97. The van der Waals surface area contributed by atoms with Gasteiger partial charge in [-0.25, -0.2) is 0 Å². The summed E-state index contributed by atoms with van der Waals surface area (Å²) < 4.78 is 16.9. The van der Waals surface area contributed by atoms with Gasteiger partial charge in [0.1, 0.15) is 6.04 Å². The van der Waals surface area contributed by atoms with E-state index in [-0.39, 0.29) is 13.2 Å². The Labute approximate surface area is 85.0 Å². The number of carbonyl (C=O) groups is 2. The predicted molar refractivity (Wildman–Crippen MR) is 50.4 cm³/mol. The van der Waals surface area contributed by atoms with Crippen LogP contribution in [0.25, 0.3) is 0 Å². The molecule has 0 saturated carbocycles. The molecule has 0 rings (SSSR count). The summed E-state index contributed by atoms with van der Waals surface area (Å²) in [5, 5.41) is 0. The van der Waals surface area contributed by atoms with Crippen molar-refractivity contribution in [3.8, 4) is 0 Å². The quantitative estimate of drug-likeness (QED) is 0.641. The lowest BCUT2D eigenvalue weighted by atomic mass is 10.0. The summed E-state index contributed by atoms with van der Waals surface area (Å²) in [7, 11) is 0. The van der Waals surface area contributed by atoms with Crippen molar-refractivity contribution in [2.45, 2.75) is 26.8 Å². The molecule has 0 aliphatic carbocycles. The third-order valence-corrected chi connectivity index (χ3v) is 1.60. The molecule has 0 heterocycles. The summed E-state index contributed by atoms with van der Waals surface area (Å²) in [6.07, 6.45) is 0. The number of rotatable bonds is 5. The van der Waals surface area contributed by atoms with Gasteiger partial charge >= 0.3 is 11.9 Å². The molecule has 0 spiro atoms. The summed E-state index contributed by atoms with van der Waals surface area (Å²) in [6.45, 7) is 4.76. The molecule has 0 aromatic carbocycles. The highest BCUT2D eigenvalue weighted by atomic mass is 16.5. The molecule has 82 valence electrons. The third-order valence-electron chi connectivity index (χ3n) is 1.60. The van der Waals surface area contributed by atoms with Crippen LogP contribution in [-0.2, 0) is 19.1 Å². The molecular weight excluding hydrogens is 186 g/mol. The maximum Gasteiger partial charge on any atom is 0.323 e. The van der Waals surface area contributed by atoms with Gasteiger partial charge in [0.05, 0.1) is 19.1 Å². The van der Waals surface area contributed by atoms with Crippen molar-refractivity contribution in [2.75, 3.05) is 13.2 Å². The Balaban J connectivity index is 4.56. The Morgan fingerprint density at radius 1 is 1.29 bits per heavy atom. The van der Waals surface area contributed by atoms with Crippen molar-refractivity contribution in [1.82, 2.24) is 0 Å². The van der Waals surface area contributed by atoms with E-state index in [2.05, 4.69) is 9.47 Å². The molecule has 0 aromatic heterocycles. The van der Waals surface area contributed by atoms with Gasteiger partial charge in [0.25, 0.3) is 0 Å². The van der Waals surface area contributed by atoms with E-state index in [1.165, 1.54) is 6.92 Å². The Hall–Kier alpha value is -1.10. The molecular formula is C9H17NO4. The Morgan fingerprint density at radius 2 is 1.71 bits per heavy atom. The summed E-state index contributed by atoms with van der Waals surface area (Å²) in [4.78, 5) is 22.5. The van der Waals surface area contributed by atoms with Crippen LogP contribution in [0, 0.1) is 5.89 Å². The maximum atomic E-state index is 11.3. The molecule has 0 saturated heterocycles. The number of nitrogens with two attached hydrogens (primary N) is 1. The zero-order valence-electron chi connectivity index (χ0n) is 9.70. The number of hydrogen-bond donors (Lipinski definition) is 1.